The van der Waals surface area contributed by atoms with Crippen LogP contribution in [0.5, 0.6) is 0 Å². The molecule has 0 fully saturated rings. The molecule has 0 spiro atoms. The fourth-order valence-corrected chi connectivity index (χ4v) is 3.50. The molecular formula is C15H23NO4S. The molecule has 1 rings (SSSR count). The summed E-state index contributed by atoms with van der Waals surface area (Å²) in [6.07, 6.45) is 1.78. The molecule has 0 aliphatic rings. The smallest absolute Gasteiger partial charge is 0.329 e. The number of sulfone groups is 1. The molecule has 0 aromatic heterocycles. The molecule has 0 aliphatic carbocycles. The van der Waals surface area contributed by atoms with Gasteiger partial charge in [-0.05, 0) is 44.0 Å². The Morgan fingerprint density at radius 3 is 2.19 bits per heavy atom. The van der Waals surface area contributed by atoms with Crippen molar-refractivity contribution in [3.63, 3.8) is 0 Å². The second kappa shape index (κ2) is 6.93. The van der Waals surface area contributed by atoms with Crippen molar-refractivity contribution in [2.45, 2.75) is 50.5 Å². The first-order valence-electron chi connectivity index (χ1n) is 7.09. The number of hydrogen-bond donors (Lipinski definition) is 2. The van der Waals surface area contributed by atoms with E-state index in [0.29, 0.717) is 18.5 Å². The van der Waals surface area contributed by atoms with Gasteiger partial charge in [0.15, 0.2) is 9.84 Å². The zero-order valence-corrected chi connectivity index (χ0v) is 13.5. The van der Waals surface area contributed by atoms with Gasteiger partial charge in [-0.3, -0.25) is 0 Å². The van der Waals surface area contributed by atoms with E-state index >= 15 is 0 Å². The molecule has 0 aliphatic heterocycles. The van der Waals surface area contributed by atoms with Crippen LogP contribution in [0.25, 0.3) is 0 Å². The fourth-order valence-electron chi connectivity index (χ4n) is 2.17. The summed E-state index contributed by atoms with van der Waals surface area (Å²) in [5, 5.41) is 12.3. The summed E-state index contributed by atoms with van der Waals surface area (Å²) in [4.78, 5) is 11.6. The van der Waals surface area contributed by atoms with Crippen LogP contribution in [0.15, 0.2) is 29.2 Å². The lowest BCUT2D eigenvalue weighted by molar-refractivity contribution is -0.141. The molecule has 5 nitrogen and oxygen atoms in total. The first-order chi connectivity index (χ1) is 9.75. The third-order valence-corrected chi connectivity index (χ3v) is 5.26. The minimum absolute atomic E-state index is 0.114. The third kappa shape index (κ3) is 4.46. The van der Waals surface area contributed by atoms with Gasteiger partial charge in [-0.2, -0.15) is 0 Å². The molecule has 6 heteroatoms. The highest BCUT2D eigenvalue weighted by molar-refractivity contribution is 7.91. The van der Waals surface area contributed by atoms with Crippen LogP contribution in [0, 0.1) is 0 Å². The van der Waals surface area contributed by atoms with Crippen molar-refractivity contribution in [3.8, 4) is 0 Å². The van der Waals surface area contributed by atoms with Crippen molar-refractivity contribution in [1.82, 2.24) is 0 Å². The Kier molecular flexibility index (Phi) is 5.78. The predicted molar refractivity (Wildman–Crippen MR) is 83.4 cm³/mol. The Labute approximate surface area is 126 Å². The number of carboxylic acids is 1. The van der Waals surface area contributed by atoms with E-state index in [-0.39, 0.29) is 10.6 Å². The SMILES string of the molecule is CCCC(C)(Nc1ccc(S(=O)(=O)CCC)cc1)C(=O)O. The van der Waals surface area contributed by atoms with Crippen LogP contribution in [0.3, 0.4) is 0 Å². The largest absolute Gasteiger partial charge is 0.480 e. The van der Waals surface area contributed by atoms with E-state index < -0.39 is 21.3 Å². The molecule has 0 radical (unpaired) electrons. The lowest BCUT2D eigenvalue weighted by Gasteiger charge is -2.27. The average molecular weight is 313 g/mol. The maximum absolute atomic E-state index is 11.9. The van der Waals surface area contributed by atoms with E-state index in [1.165, 1.54) is 12.1 Å². The Hall–Kier alpha value is -1.56. The zero-order chi connectivity index (χ0) is 16.1. The van der Waals surface area contributed by atoms with Gasteiger partial charge >= 0.3 is 5.97 Å². The number of carboxylic acid groups (broad SMARTS) is 1. The maximum atomic E-state index is 11.9. The Balaban J connectivity index is 2.95. The number of carbonyl (C=O) groups is 1. The summed E-state index contributed by atoms with van der Waals surface area (Å²) in [5.41, 5.74) is -0.456. The highest BCUT2D eigenvalue weighted by atomic mass is 32.2. The topological polar surface area (TPSA) is 83.5 Å². The Bertz CT molecular complexity index is 580. The standard InChI is InChI=1S/C15H23NO4S/c1-4-10-15(3,14(17)18)16-12-6-8-13(9-7-12)21(19,20)11-5-2/h6-9,16H,4-5,10-11H2,1-3H3,(H,17,18). The van der Waals surface area contributed by atoms with Crippen molar-refractivity contribution in [2.24, 2.45) is 0 Å². The summed E-state index contributed by atoms with van der Waals surface area (Å²) >= 11 is 0. The van der Waals surface area contributed by atoms with Gasteiger partial charge in [-0.1, -0.05) is 20.3 Å². The summed E-state index contributed by atoms with van der Waals surface area (Å²) in [7, 11) is -3.24. The molecule has 0 bridgehead atoms. The Morgan fingerprint density at radius 2 is 1.76 bits per heavy atom. The molecule has 0 amide bonds. The van der Waals surface area contributed by atoms with Gasteiger partial charge in [-0.15, -0.1) is 0 Å². The van der Waals surface area contributed by atoms with E-state index in [0.717, 1.165) is 6.42 Å². The zero-order valence-electron chi connectivity index (χ0n) is 12.7. The molecule has 0 saturated carbocycles. The molecule has 118 valence electrons. The van der Waals surface area contributed by atoms with Crippen molar-refractivity contribution in [2.75, 3.05) is 11.1 Å². The summed E-state index contributed by atoms with van der Waals surface area (Å²) in [5.74, 6) is -0.811. The van der Waals surface area contributed by atoms with Crippen molar-refractivity contribution < 1.29 is 18.3 Å². The van der Waals surface area contributed by atoms with E-state index in [2.05, 4.69) is 5.32 Å². The highest BCUT2D eigenvalue weighted by Gasteiger charge is 2.31. The van der Waals surface area contributed by atoms with Gasteiger partial charge in [0.05, 0.1) is 10.6 Å². The number of rotatable bonds is 8. The van der Waals surface area contributed by atoms with E-state index in [1.807, 2.05) is 13.8 Å². The van der Waals surface area contributed by atoms with Crippen LogP contribution in [0.2, 0.25) is 0 Å². The molecule has 21 heavy (non-hydrogen) atoms. The molecule has 2 N–H and O–H groups in total. The van der Waals surface area contributed by atoms with Crippen LogP contribution in [0.1, 0.15) is 40.0 Å². The van der Waals surface area contributed by atoms with E-state index in [9.17, 15) is 18.3 Å². The first kappa shape index (κ1) is 17.5. The van der Waals surface area contributed by atoms with Crippen LogP contribution < -0.4 is 5.32 Å². The second-order valence-electron chi connectivity index (χ2n) is 5.36. The van der Waals surface area contributed by atoms with Crippen LogP contribution in [-0.2, 0) is 14.6 Å². The van der Waals surface area contributed by atoms with Gasteiger partial charge in [0.1, 0.15) is 5.54 Å². The minimum atomic E-state index is -3.24. The molecule has 0 saturated heterocycles. The molecule has 1 unspecified atom stereocenters. The van der Waals surface area contributed by atoms with Gasteiger partial charge in [0.2, 0.25) is 0 Å². The maximum Gasteiger partial charge on any atom is 0.329 e. The number of anilines is 1. The quantitative estimate of drug-likeness (QED) is 0.771. The van der Waals surface area contributed by atoms with Crippen molar-refractivity contribution >= 4 is 21.5 Å². The van der Waals surface area contributed by atoms with E-state index in [4.69, 9.17) is 0 Å². The first-order valence-corrected chi connectivity index (χ1v) is 8.75. The normalized spacial score (nSPS) is 14.4. The van der Waals surface area contributed by atoms with Crippen LogP contribution in [0.4, 0.5) is 5.69 Å². The molecule has 1 atom stereocenters. The number of aliphatic carboxylic acids is 1. The van der Waals surface area contributed by atoms with Crippen molar-refractivity contribution in [3.05, 3.63) is 24.3 Å². The molecule has 0 heterocycles. The van der Waals surface area contributed by atoms with Gasteiger partial charge in [-0.25, -0.2) is 13.2 Å². The van der Waals surface area contributed by atoms with Gasteiger partial charge < -0.3 is 10.4 Å². The average Bonchev–Trinajstić information content (AvgIpc) is 2.39. The van der Waals surface area contributed by atoms with Crippen LogP contribution >= 0.6 is 0 Å². The summed E-state index contributed by atoms with van der Waals surface area (Å²) < 4.78 is 23.8. The van der Waals surface area contributed by atoms with E-state index in [1.54, 1.807) is 19.1 Å². The third-order valence-electron chi connectivity index (χ3n) is 3.33. The molecule has 1 aromatic rings. The van der Waals surface area contributed by atoms with Gasteiger partial charge in [0, 0.05) is 5.69 Å². The predicted octanol–water partition coefficient (Wildman–Crippen LogP) is 2.93. The summed E-state index contributed by atoms with van der Waals surface area (Å²) in [6, 6.07) is 6.25. The Morgan fingerprint density at radius 1 is 1.19 bits per heavy atom. The lowest BCUT2D eigenvalue weighted by Crippen LogP contribution is -2.43. The highest BCUT2D eigenvalue weighted by Crippen LogP contribution is 2.22. The molecule has 1 aromatic carbocycles. The number of benzene rings is 1. The fraction of sp³-hybridized carbons (Fsp3) is 0.533. The second-order valence-corrected chi connectivity index (χ2v) is 7.46. The summed E-state index contributed by atoms with van der Waals surface area (Å²) in [6.45, 7) is 5.36. The lowest BCUT2D eigenvalue weighted by atomic mass is 9.96. The van der Waals surface area contributed by atoms with Crippen molar-refractivity contribution in [1.29, 1.82) is 0 Å². The minimum Gasteiger partial charge on any atom is -0.480 e. The number of hydrogen-bond acceptors (Lipinski definition) is 4. The van der Waals surface area contributed by atoms with Gasteiger partial charge in [0.25, 0.3) is 0 Å². The number of nitrogens with one attached hydrogen (secondary N) is 1. The van der Waals surface area contributed by atoms with Crippen LogP contribution in [-0.4, -0.2) is 30.8 Å². The molecular weight excluding hydrogens is 290 g/mol. The monoisotopic (exact) mass is 313 g/mol.